The lowest BCUT2D eigenvalue weighted by Crippen LogP contribution is -2.47. The first-order valence-electron chi connectivity index (χ1n) is 11.0. The number of anilines is 1. The van der Waals surface area contributed by atoms with Crippen molar-refractivity contribution in [1.82, 2.24) is 10.2 Å². The Kier molecular flexibility index (Phi) is 9.45. The Labute approximate surface area is 208 Å². The van der Waals surface area contributed by atoms with Crippen molar-refractivity contribution in [3.63, 3.8) is 0 Å². The molecule has 1 heterocycles. The Hall–Kier alpha value is -3.63. The summed E-state index contributed by atoms with van der Waals surface area (Å²) in [5.74, 6) is -0.327. The minimum absolute atomic E-state index is 0.123. The number of nitrogens with one attached hydrogen (secondary N) is 2. The minimum atomic E-state index is -0.369. The fourth-order valence-corrected chi connectivity index (χ4v) is 3.77. The number of hydrogen-bond donors (Lipinski definition) is 2. The third kappa shape index (κ3) is 7.43. The molecule has 1 saturated heterocycles. The van der Waals surface area contributed by atoms with Crippen LogP contribution in [0.15, 0.2) is 48.2 Å². The van der Waals surface area contributed by atoms with E-state index in [1.807, 2.05) is 0 Å². The van der Waals surface area contributed by atoms with Gasteiger partial charge in [0.1, 0.15) is 29.3 Å². The van der Waals surface area contributed by atoms with Crippen molar-refractivity contribution in [2.45, 2.75) is 19.6 Å². The van der Waals surface area contributed by atoms with E-state index >= 15 is 0 Å². The number of ether oxygens (including phenoxy) is 2. The number of allylic oxidation sites excluding steroid dienone is 1. The average Bonchev–Trinajstić information content (AvgIpc) is 2.86. The lowest BCUT2D eigenvalue weighted by molar-refractivity contribution is -0.0292. The molecule has 1 aliphatic rings. The van der Waals surface area contributed by atoms with Crippen molar-refractivity contribution < 1.29 is 18.7 Å². The molecule has 2 N–H and O–H groups in total. The number of nitrogens with zero attached hydrogens (tertiary/aromatic N) is 3. The Balaban J connectivity index is 1.63. The van der Waals surface area contributed by atoms with Gasteiger partial charge in [0.05, 0.1) is 35.6 Å². The Morgan fingerprint density at radius 2 is 2.06 bits per heavy atom. The van der Waals surface area contributed by atoms with Gasteiger partial charge in [-0.05, 0) is 30.7 Å². The summed E-state index contributed by atoms with van der Waals surface area (Å²) in [4.78, 5) is 15.1. The molecule has 1 atom stereocenters. The lowest BCUT2D eigenvalue weighted by Gasteiger charge is -2.33. The summed E-state index contributed by atoms with van der Waals surface area (Å²) in [6.07, 6.45) is 1.02. The van der Waals surface area contributed by atoms with Crippen LogP contribution in [0, 0.1) is 28.5 Å². The summed E-state index contributed by atoms with van der Waals surface area (Å²) in [6, 6.07) is 12.9. The van der Waals surface area contributed by atoms with Crippen LogP contribution in [-0.2, 0) is 11.3 Å². The van der Waals surface area contributed by atoms with Crippen LogP contribution >= 0.6 is 11.6 Å². The molecule has 182 valence electrons. The van der Waals surface area contributed by atoms with E-state index in [0.717, 1.165) is 12.1 Å². The van der Waals surface area contributed by atoms with Crippen molar-refractivity contribution in [2.24, 2.45) is 0 Å². The van der Waals surface area contributed by atoms with Gasteiger partial charge in [-0.2, -0.15) is 10.5 Å². The number of amides is 1. The van der Waals surface area contributed by atoms with Crippen molar-refractivity contribution in [1.29, 1.82) is 10.5 Å². The molecule has 8 nitrogen and oxygen atoms in total. The van der Waals surface area contributed by atoms with Crippen LogP contribution in [0.3, 0.4) is 0 Å². The predicted octanol–water partition coefficient (Wildman–Crippen LogP) is 3.85. The van der Waals surface area contributed by atoms with Crippen molar-refractivity contribution in [2.75, 3.05) is 38.2 Å². The van der Waals surface area contributed by atoms with Crippen molar-refractivity contribution in [3.05, 3.63) is 70.1 Å². The number of halogens is 2. The molecule has 0 spiro atoms. The lowest BCUT2D eigenvalue weighted by atomic mass is 10.1. The van der Waals surface area contributed by atoms with E-state index in [-0.39, 0.29) is 34.0 Å². The molecule has 0 aliphatic carbocycles. The topological polar surface area (TPSA) is 110 Å². The van der Waals surface area contributed by atoms with Crippen LogP contribution in [0.5, 0.6) is 5.75 Å². The zero-order valence-electron chi connectivity index (χ0n) is 19.2. The van der Waals surface area contributed by atoms with E-state index in [4.69, 9.17) is 31.6 Å². The highest BCUT2D eigenvalue weighted by molar-refractivity contribution is 6.33. The zero-order chi connectivity index (χ0) is 25.2. The summed E-state index contributed by atoms with van der Waals surface area (Å²) in [6.45, 7) is 4.96. The second kappa shape index (κ2) is 12.7. The molecule has 10 heteroatoms. The second-order valence-electron chi connectivity index (χ2n) is 7.75. The average molecular weight is 498 g/mol. The van der Waals surface area contributed by atoms with Crippen LogP contribution in [0.2, 0.25) is 5.02 Å². The molecule has 1 aliphatic heterocycles. The maximum atomic E-state index is 13.1. The predicted molar refractivity (Wildman–Crippen MR) is 129 cm³/mol. The van der Waals surface area contributed by atoms with Crippen LogP contribution in [0.4, 0.5) is 10.1 Å². The van der Waals surface area contributed by atoms with Crippen LogP contribution in [0.25, 0.3) is 0 Å². The smallest absolute Gasteiger partial charge is 0.255 e. The van der Waals surface area contributed by atoms with E-state index in [0.29, 0.717) is 44.3 Å². The van der Waals surface area contributed by atoms with E-state index in [1.165, 1.54) is 24.4 Å². The summed E-state index contributed by atoms with van der Waals surface area (Å²) >= 11 is 6.32. The molecule has 0 bridgehead atoms. The molecule has 2 aromatic rings. The highest BCUT2D eigenvalue weighted by Crippen LogP contribution is 2.31. The first kappa shape index (κ1) is 26.0. The molecule has 1 fully saturated rings. The molecule has 1 amide bonds. The maximum Gasteiger partial charge on any atom is 0.255 e. The Morgan fingerprint density at radius 1 is 1.31 bits per heavy atom. The summed E-state index contributed by atoms with van der Waals surface area (Å²) in [7, 11) is 0. The number of carbonyl (C=O) groups is 1. The standard InChI is InChI=1S/C25H25ClFN5O3/c1-2-34-24-10-23(30-13-18(11-28)12-29)22(26)9-21(24)25(33)31-14-20-16-32(7-8-35-20)15-17-3-5-19(27)6-4-17/h3-6,9-10,13,20,30H,2,7-8,14-16H2,1H3,(H,31,33). The van der Waals surface area contributed by atoms with E-state index in [9.17, 15) is 9.18 Å². The Morgan fingerprint density at radius 3 is 2.74 bits per heavy atom. The zero-order valence-corrected chi connectivity index (χ0v) is 19.9. The molecule has 35 heavy (non-hydrogen) atoms. The molecular weight excluding hydrogens is 473 g/mol. The number of morpholine rings is 1. The highest BCUT2D eigenvalue weighted by Gasteiger charge is 2.23. The molecule has 2 aromatic carbocycles. The van der Waals surface area contributed by atoms with E-state index in [2.05, 4.69) is 15.5 Å². The molecule has 0 aromatic heterocycles. The fraction of sp³-hybridized carbons (Fsp3) is 0.320. The highest BCUT2D eigenvalue weighted by atomic mass is 35.5. The summed E-state index contributed by atoms with van der Waals surface area (Å²) < 4.78 is 24.6. The van der Waals surface area contributed by atoms with Crippen LogP contribution in [-0.4, -0.2) is 49.8 Å². The molecular formula is C25H25ClFN5O3. The summed E-state index contributed by atoms with van der Waals surface area (Å²) in [5.41, 5.74) is 1.53. The third-order valence-corrected chi connectivity index (χ3v) is 5.57. The van der Waals surface area contributed by atoms with E-state index in [1.54, 1.807) is 37.3 Å². The first-order valence-corrected chi connectivity index (χ1v) is 11.4. The Bertz CT molecular complexity index is 1140. The van der Waals surface area contributed by atoms with Crippen molar-refractivity contribution >= 4 is 23.2 Å². The third-order valence-electron chi connectivity index (χ3n) is 5.26. The number of carbonyl (C=O) groups excluding carboxylic acids is 1. The number of hydrogen-bond acceptors (Lipinski definition) is 7. The van der Waals surface area contributed by atoms with Gasteiger partial charge in [-0.1, -0.05) is 23.7 Å². The SMILES string of the molecule is CCOc1cc(NC=C(C#N)C#N)c(Cl)cc1C(=O)NCC1CN(Cc2ccc(F)cc2)CCO1. The minimum Gasteiger partial charge on any atom is -0.493 e. The number of nitriles is 2. The van der Waals surface area contributed by atoms with Crippen LogP contribution < -0.4 is 15.4 Å². The van der Waals surface area contributed by atoms with Gasteiger partial charge in [-0.3, -0.25) is 9.69 Å². The van der Waals surface area contributed by atoms with Gasteiger partial charge >= 0.3 is 0 Å². The van der Waals surface area contributed by atoms with E-state index < -0.39 is 0 Å². The fourth-order valence-electron chi connectivity index (χ4n) is 3.55. The normalized spacial score (nSPS) is 15.4. The number of rotatable bonds is 9. The van der Waals surface area contributed by atoms with Gasteiger partial charge in [-0.25, -0.2) is 4.39 Å². The largest absolute Gasteiger partial charge is 0.493 e. The molecule has 0 saturated carbocycles. The van der Waals surface area contributed by atoms with Gasteiger partial charge in [0.25, 0.3) is 5.91 Å². The van der Waals surface area contributed by atoms with Crippen molar-refractivity contribution in [3.8, 4) is 17.9 Å². The quantitative estimate of drug-likeness (QED) is 0.506. The maximum absolute atomic E-state index is 13.1. The van der Waals surface area contributed by atoms with Crippen LogP contribution in [0.1, 0.15) is 22.8 Å². The van der Waals surface area contributed by atoms with Gasteiger partial charge in [-0.15, -0.1) is 0 Å². The molecule has 1 unspecified atom stereocenters. The van der Waals surface area contributed by atoms with Gasteiger partial charge in [0, 0.05) is 38.4 Å². The van der Waals surface area contributed by atoms with Gasteiger partial charge in [0.15, 0.2) is 0 Å². The molecule has 0 radical (unpaired) electrons. The van der Waals surface area contributed by atoms with Gasteiger partial charge < -0.3 is 20.1 Å². The number of benzene rings is 2. The second-order valence-corrected chi connectivity index (χ2v) is 8.16. The first-order chi connectivity index (χ1) is 16.9. The summed E-state index contributed by atoms with van der Waals surface area (Å²) in [5, 5.41) is 23.7. The van der Waals surface area contributed by atoms with Gasteiger partial charge in [0.2, 0.25) is 0 Å². The monoisotopic (exact) mass is 497 g/mol. The molecule has 3 rings (SSSR count).